The van der Waals surface area contributed by atoms with Gasteiger partial charge in [-0.15, -0.1) is 0 Å². The van der Waals surface area contributed by atoms with Crippen LogP contribution in [0.5, 0.6) is 0 Å². The predicted molar refractivity (Wildman–Crippen MR) is 96.5 cm³/mol. The average Bonchev–Trinajstić information content (AvgIpc) is 2.61. The number of halogens is 1. The van der Waals surface area contributed by atoms with E-state index in [9.17, 15) is 12.8 Å². The fraction of sp³-hybridized carbons (Fsp3) is 0.368. The molecular formula is C19H23FN2O2S. The molecule has 0 aliphatic carbocycles. The quantitative estimate of drug-likeness (QED) is 0.821. The van der Waals surface area contributed by atoms with Crippen LogP contribution in [0.3, 0.4) is 0 Å². The van der Waals surface area contributed by atoms with Gasteiger partial charge in [0, 0.05) is 32.7 Å². The van der Waals surface area contributed by atoms with E-state index < -0.39 is 10.0 Å². The number of benzene rings is 2. The van der Waals surface area contributed by atoms with Gasteiger partial charge in [-0.1, -0.05) is 36.4 Å². The Kier molecular flexibility index (Phi) is 5.51. The lowest BCUT2D eigenvalue weighted by Crippen LogP contribution is -2.49. The molecule has 1 aliphatic rings. The van der Waals surface area contributed by atoms with Gasteiger partial charge in [-0.2, -0.15) is 4.31 Å². The monoisotopic (exact) mass is 362 g/mol. The van der Waals surface area contributed by atoms with Crippen molar-refractivity contribution in [1.29, 1.82) is 0 Å². The third-order valence-electron chi connectivity index (χ3n) is 4.70. The van der Waals surface area contributed by atoms with Crippen molar-refractivity contribution < 1.29 is 12.8 Å². The van der Waals surface area contributed by atoms with Gasteiger partial charge in [-0.3, -0.25) is 0 Å². The Balaban J connectivity index is 1.59. The Bertz CT molecular complexity index is 831. The summed E-state index contributed by atoms with van der Waals surface area (Å²) in [4.78, 5) is 2.57. The molecular weight excluding hydrogens is 339 g/mol. The van der Waals surface area contributed by atoms with Crippen LogP contribution >= 0.6 is 0 Å². The lowest BCUT2D eigenvalue weighted by molar-refractivity contribution is 0.189. The molecule has 2 aromatic carbocycles. The van der Waals surface area contributed by atoms with Crippen molar-refractivity contribution >= 4 is 10.0 Å². The van der Waals surface area contributed by atoms with Crippen LogP contribution in [0.2, 0.25) is 0 Å². The van der Waals surface area contributed by atoms with Gasteiger partial charge >= 0.3 is 0 Å². The summed E-state index contributed by atoms with van der Waals surface area (Å²) in [6.07, 6.45) is 0.636. The molecule has 25 heavy (non-hydrogen) atoms. The maximum absolute atomic E-state index is 13.7. The predicted octanol–water partition coefficient (Wildman–Crippen LogP) is 2.68. The maximum Gasteiger partial charge on any atom is 0.243 e. The summed E-state index contributed by atoms with van der Waals surface area (Å²) in [5.41, 5.74) is 1.47. The first-order valence-electron chi connectivity index (χ1n) is 8.50. The highest BCUT2D eigenvalue weighted by Gasteiger charge is 2.29. The van der Waals surface area contributed by atoms with Crippen molar-refractivity contribution in [2.45, 2.75) is 18.2 Å². The Labute approximate surface area is 148 Å². The molecule has 0 amide bonds. The summed E-state index contributed by atoms with van der Waals surface area (Å²) < 4.78 is 40.8. The topological polar surface area (TPSA) is 40.6 Å². The zero-order valence-corrected chi connectivity index (χ0v) is 15.2. The SMILES string of the molecule is Cc1ccccc1S(=O)(=O)N1CCN(CCc2ccccc2F)CC1. The highest BCUT2D eigenvalue weighted by atomic mass is 32.2. The Hall–Kier alpha value is -1.76. The zero-order chi connectivity index (χ0) is 17.9. The second-order valence-corrected chi connectivity index (χ2v) is 8.26. The lowest BCUT2D eigenvalue weighted by Gasteiger charge is -2.34. The summed E-state index contributed by atoms with van der Waals surface area (Å²) in [6, 6.07) is 13.9. The third-order valence-corrected chi connectivity index (χ3v) is 6.76. The molecule has 0 unspecified atom stereocenters. The van der Waals surface area contributed by atoms with E-state index in [0.717, 1.165) is 12.1 Å². The Morgan fingerprint density at radius 2 is 1.60 bits per heavy atom. The summed E-state index contributed by atoms with van der Waals surface area (Å²) >= 11 is 0. The molecule has 0 bridgehead atoms. The van der Waals surface area contributed by atoms with Crippen LogP contribution in [0.15, 0.2) is 53.4 Å². The van der Waals surface area contributed by atoms with Crippen LogP contribution < -0.4 is 0 Å². The van der Waals surface area contributed by atoms with Gasteiger partial charge in [0.15, 0.2) is 0 Å². The summed E-state index contributed by atoms with van der Waals surface area (Å²) in [5.74, 6) is -0.178. The van der Waals surface area contributed by atoms with Crippen LogP contribution in [-0.2, 0) is 16.4 Å². The van der Waals surface area contributed by atoms with Crippen LogP contribution in [0.4, 0.5) is 4.39 Å². The molecule has 1 fully saturated rings. The van der Waals surface area contributed by atoms with Gasteiger partial charge in [0.05, 0.1) is 4.90 Å². The van der Waals surface area contributed by atoms with Crippen molar-refractivity contribution in [1.82, 2.24) is 9.21 Å². The molecule has 3 rings (SSSR count). The smallest absolute Gasteiger partial charge is 0.243 e. The highest BCUT2D eigenvalue weighted by Crippen LogP contribution is 2.21. The standard InChI is InChI=1S/C19H23FN2O2S/c1-16-6-2-5-9-19(16)25(23,24)22-14-12-21(13-15-22)11-10-17-7-3-4-8-18(17)20/h2-9H,10-15H2,1H3. The molecule has 1 heterocycles. The third kappa shape index (κ3) is 4.08. The van der Waals surface area contributed by atoms with Gasteiger partial charge in [-0.25, -0.2) is 12.8 Å². The lowest BCUT2D eigenvalue weighted by atomic mass is 10.1. The fourth-order valence-electron chi connectivity index (χ4n) is 3.16. The van der Waals surface area contributed by atoms with Crippen molar-refractivity contribution in [3.8, 4) is 0 Å². The van der Waals surface area contributed by atoms with E-state index >= 15 is 0 Å². The molecule has 0 N–H and O–H groups in total. The molecule has 4 nitrogen and oxygen atoms in total. The van der Waals surface area contributed by atoms with Crippen LogP contribution in [0.1, 0.15) is 11.1 Å². The Morgan fingerprint density at radius 3 is 2.28 bits per heavy atom. The first-order valence-corrected chi connectivity index (χ1v) is 9.94. The maximum atomic E-state index is 13.7. The van der Waals surface area contributed by atoms with Crippen LogP contribution in [0.25, 0.3) is 0 Å². The van der Waals surface area contributed by atoms with Crippen molar-refractivity contribution in [3.05, 3.63) is 65.5 Å². The van der Waals surface area contributed by atoms with E-state index in [-0.39, 0.29) is 5.82 Å². The van der Waals surface area contributed by atoms with E-state index in [1.165, 1.54) is 6.07 Å². The molecule has 0 aromatic heterocycles. The van der Waals surface area contributed by atoms with Gasteiger partial charge < -0.3 is 4.90 Å². The zero-order valence-electron chi connectivity index (χ0n) is 14.4. The van der Waals surface area contributed by atoms with E-state index in [2.05, 4.69) is 4.90 Å². The number of aryl methyl sites for hydroxylation is 1. The van der Waals surface area contributed by atoms with Gasteiger partial charge in [0.2, 0.25) is 10.0 Å². The van der Waals surface area contributed by atoms with Gasteiger partial charge in [0.1, 0.15) is 5.82 Å². The molecule has 134 valence electrons. The number of hydrogen-bond donors (Lipinski definition) is 0. The second kappa shape index (κ2) is 7.64. The second-order valence-electron chi connectivity index (χ2n) is 6.35. The first kappa shape index (κ1) is 18.0. The molecule has 0 radical (unpaired) electrons. The summed E-state index contributed by atoms with van der Waals surface area (Å²) in [5, 5.41) is 0. The molecule has 0 spiro atoms. The first-order chi connectivity index (χ1) is 12.0. The minimum atomic E-state index is -3.44. The minimum absolute atomic E-state index is 0.178. The highest BCUT2D eigenvalue weighted by molar-refractivity contribution is 7.89. The van der Waals surface area contributed by atoms with Gasteiger partial charge in [0.25, 0.3) is 0 Å². The normalized spacial score (nSPS) is 16.9. The number of piperazine rings is 1. The van der Waals surface area contributed by atoms with E-state index in [1.807, 2.05) is 25.1 Å². The van der Waals surface area contributed by atoms with E-state index in [0.29, 0.717) is 43.1 Å². The summed E-state index contributed by atoms with van der Waals surface area (Å²) in [6.45, 7) is 4.82. The van der Waals surface area contributed by atoms with Crippen molar-refractivity contribution in [3.63, 3.8) is 0 Å². The van der Waals surface area contributed by atoms with Crippen molar-refractivity contribution in [2.75, 3.05) is 32.7 Å². The van der Waals surface area contributed by atoms with E-state index in [1.54, 1.807) is 28.6 Å². The molecule has 2 aromatic rings. The number of sulfonamides is 1. The number of nitrogens with zero attached hydrogens (tertiary/aromatic N) is 2. The molecule has 1 aliphatic heterocycles. The van der Waals surface area contributed by atoms with Crippen LogP contribution in [-0.4, -0.2) is 50.3 Å². The molecule has 1 saturated heterocycles. The molecule has 0 atom stereocenters. The molecule has 0 saturated carbocycles. The Morgan fingerprint density at radius 1 is 0.960 bits per heavy atom. The molecule has 6 heteroatoms. The largest absolute Gasteiger partial charge is 0.300 e. The fourth-order valence-corrected chi connectivity index (χ4v) is 4.81. The van der Waals surface area contributed by atoms with Crippen molar-refractivity contribution in [2.24, 2.45) is 0 Å². The number of rotatable bonds is 5. The van der Waals surface area contributed by atoms with E-state index in [4.69, 9.17) is 0 Å². The summed E-state index contributed by atoms with van der Waals surface area (Å²) in [7, 11) is -3.44. The average molecular weight is 362 g/mol. The van der Waals surface area contributed by atoms with Crippen LogP contribution in [0, 0.1) is 12.7 Å². The van der Waals surface area contributed by atoms with Gasteiger partial charge in [-0.05, 0) is 36.6 Å². The minimum Gasteiger partial charge on any atom is -0.300 e. The number of hydrogen-bond acceptors (Lipinski definition) is 3.